The van der Waals surface area contributed by atoms with Crippen LogP contribution >= 0.6 is 0 Å². The number of nitrogens with one attached hydrogen (secondary N) is 3. The van der Waals surface area contributed by atoms with E-state index in [0.29, 0.717) is 24.3 Å². The second-order valence-corrected chi connectivity index (χ2v) is 11.8. The lowest BCUT2D eigenvalue weighted by Crippen LogP contribution is -2.44. The van der Waals surface area contributed by atoms with Gasteiger partial charge in [0.2, 0.25) is 0 Å². The molecule has 45 heavy (non-hydrogen) atoms. The summed E-state index contributed by atoms with van der Waals surface area (Å²) in [5.41, 5.74) is 6.18. The molecule has 0 radical (unpaired) electrons. The number of aromatic amines is 1. The summed E-state index contributed by atoms with van der Waals surface area (Å²) in [5.74, 6) is 0.486. The second-order valence-electron chi connectivity index (χ2n) is 11.8. The van der Waals surface area contributed by atoms with Crippen LogP contribution in [0.4, 0.5) is 10.5 Å². The molecule has 3 aromatic rings. The van der Waals surface area contributed by atoms with Crippen LogP contribution in [0.2, 0.25) is 0 Å². The number of amides is 2. The molecule has 4 rings (SSSR count). The molecule has 0 bridgehead atoms. The second kappa shape index (κ2) is 15.6. The molecule has 4 N–H and O–H groups in total. The summed E-state index contributed by atoms with van der Waals surface area (Å²) in [6.07, 6.45) is 3.15. The first-order valence-electron chi connectivity index (χ1n) is 15.7. The van der Waals surface area contributed by atoms with Crippen molar-refractivity contribution in [2.24, 2.45) is 0 Å². The number of aryl methyl sites for hydroxylation is 2. The zero-order chi connectivity index (χ0) is 32.5. The van der Waals surface area contributed by atoms with Crippen molar-refractivity contribution >= 4 is 17.7 Å². The topological polar surface area (TPSA) is 133 Å². The highest BCUT2D eigenvalue weighted by Crippen LogP contribution is 2.36. The first-order valence-corrected chi connectivity index (χ1v) is 15.7. The molecule has 2 amide bonds. The standard InChI is InChI=1S/C35H46N4O6/c1-6-15-39(28-11-9-27(10-12-28)38-35(42)43)32-20-26(25-7-13-29(14-8-25)45-17-16-44-5)19-30(23(32)3)34(41)36-21-31-24(4)37-22(2)18-33(31)40/h7-8,13-14,18-20,27-28,38H,6,9-12,15-17,21H2,1-5H3,(H,36,41)(H,37,40)(H,42,43). The number of carboxylic acid groups (broad SMARTS) is 1. The van der Waals surface area contributed by atoms with E-state index in [-0.39, 0.29) is 30.0 Å². The number of anilines is 1. The Labute approximate surface area is 265 Å². The van der Waals surface area contributed by atoms with Crippen molar-refractivity contribution in [1.29, 1.82) is 0 Å². The molecule has 1 fully saturated rings. The number of hydrogen-bond acceptors (Lipinski definition) is 6. The quantitative estimate of drug-likeness (QED) is 0.180. The number of benzene rings is 2. The number of methoxy groups -OCH3 is 1. The predicted octanol–water partition coefficient (Wildman–Crippen LogP) is 5.72. The average Bonchev–Trinajstić information content (AvgIpc) is 3.00. The summed E-state index contributed by atoms with van der Waals surface area (Å²) in [6, 6.07) is 13.6. The molecule has 0 spiro atoms. The van der Waals surface area contributed by atoms with Crippen molar-refractivity contribution in [3.8, 4) is 16.9 Å². The Bertz CT molecular complexity index is 1530. The Balaban J connectivity index is 1.69. The third-order valence-corrected chi connectivity index (χ3v) is 8.52. The van der Waals surface area contributed by atoms with Gasteiger partial charge in [0, 0.05) is 66.6 Å². The lowest BCUT2D eigenvalue weighted by Gasteiger charge is -2.39. The van der Waals surface area contributed by atoms with Crippen LogP contribution < -0.4 is 25.7 Å². The molecule has 0 atom stereocenters. The molecule has 1 heterocycles. The number of carbonyl (C=O) groups excluding carboxylic acids is 1. The number of pyridine rings is 1. The lowest BCUT2D eigenvalue weighted by atomic mass is 9.88. The molecule has 0 unspecified atom stereocenters. The fourth-order valence-corrected chi connectivity index (χ4v) is 6.19. The van der Waals surface area contributed by atoms with Crippen molar-refractivity contribution in [2.75, 3.05) is 31.8 Å². The van der Waals surface area contributed by atoms with Gasteiger partial charge in [-0.15, -0.1) is 0 Å². The minimum Gasteiger partial charge on any atom is -0.491 e. The highest BCUT2D eigenvalue weighted by Gasteiger charge is 2.29. The van der Waals surface area contributed by atoms with Gasteiger partial charge in [0.15, 0.2) is 5.43 Å². The van der Waals surface area contributed by atoms with E-state index in [4.69, 9.17) is 9.47 Å². The third kappa shape index (κ3) is 8.66. The van der Waals surface area contributed by atoms with Gasteiger partial charge in [-0.3, -0.25) is 9.59 Å². The zero-order valence-electron chi connectivity index (χ0n) is 27.0. The summed E-state index contributed by atoms with van der Waals surface area (Å²) in [7, 11) is 1.63. The molecule has 0 saturated heterocycles. The van der Waals surface area contributed by atoms with Crippen LogP contribution in [-0.2, 0) is 11.3 Å². The number of aromatic nitrogens is 1. The zero-order valence-corrected chi connectivity index (χ0v) is 27.0. The first-order chi connectivity index (χ1) is 21.6. The maximum absolute atomic E-state index is 13.8. The van der Waals surface area contributed by atoms with Gasteiger partial charge >= 0.3 is 6.09 Å². The Kier molecular flexibility index (Phi) is 11.6. The van der Waals surface area contributed by atoms with Crippen LogP contribution in [0, 0.1) is 20.8 Å². The highest BCUT2D eigenvalue weighted by molar-refractivity contribution is 5.99. The Morgan fingerprint density at radius 2 is 1.71 bits per heavy atom. The van der Waals surface area contributed by atoms with Gasteiger partial charge in [0.05, 0.1) is 6.61 Å². The molecule has 1 aliphatic carbocycles. The fourth-order valence-electron chi connectivity index (χ4n) is 6.19. The van der Waals surface area contributed by atoms with Crippen LogP contribution in [0.5, 0.6) is 5.75 Å². The molecule has 0 aliphatic heterocycles. The maximum atomic E-state index is 13.8. The number of carbonyl (C=O) groups is 2. The van der Waals surface area contributed by atoms with E-state index < -0.39 is 6.09 Å². The predicted molar refractivity (Wildman–Crippen MR) is 177 cm³/mol. The summed E-state index contributed by atoms with van der Waals surface area (Å²) < 4.78 is 10.8. The van der Waals surface area contributed by atoms with Gasteiger partial charge in [-0.25, -0.2) is 4.79 Å². The summed E-state index contributed by atoms with van der Waals surface area (Å²) in [6.45, 7) is 9.66. The van der Waals surface area contributed by atoms with Gasteiger partial charge in [-0.05, 0) is 93.8 Å². The Morgan fingerprint density at radius 1 is 1.00 bits per heavy atom. The molecular weight excluding hydrogens is 572 g/mol. The minimum atomic E-state index is -0.985. The van der Waals surface area contributed by atoms with Crippen LogP contribution in [0.1, 0.15) is 71.9 Å². The summed E-state index contributed by atoms with van der Waals surface area (Å²) in [4.78, 5) is 43.3. The third-order valence-electron chi connectivity index (χ3n) is 8.52. The molecule has 2 aromatic carbocycles. The maximum Gasteiger partial charge on any atom is 0.404 e. The van der Waals surface area contributed by atoms with Crippen molar-refractivity contribution in [2.45, 2.75) is 78.4 Å². The number of hydrogen-bond donors (Lipinski definition) is 4. The summed E-state index contributed by atoms with van der Waals surface area (Å²) in [5, 5.41) is 14.8. The van der Waals surface area contributed by atoms with E-state index >= 15 is 0 Å². The lowest BCUT2D eigenvalue weighted by molar-refractivity contribution is 0.0950. The Morgan fingerprint density at radius 3 is 2.33 bits per heavy atom. The van der Waals surface area contributed by atoms with Gasteiger partial charge in [-0.1, -0.05) is 19.1 Å². The average molecular weight is 619 g/mol. The molecule has 1 aliphatic rings. The van der Waals surface area contributed by atoms with Crippen LogP contribution in [0.3, 0.4) is 0 Å². The first kappa shape index (κ1) is 33.6. The van der Waals surface area contributed by atoms with Gasteiger partial charge in [-0.2, -0.15) is 0 Å². The van der Waals surface area contributed by atoms with Crippen LogP contribution in [-0.4, -0.2) is 61.0 Å². The van der Waals surface area contributed by atoms with Crippen molar-refractivity contribution in [1.82, 2.24) is 15.6 Å². The van der Waals surface area contributed by atoms with E-state index in [1.165, 1.54) is 0 Å². The summed E-state index contributed by atoms with van der Waals surface area (Å²) >= 11 is 0. The van der Waals surface area contributed by atoms with Gasteiger partial charge < -0.3 is 35.1 Å². The number of ether oxygens (including phenoxy) is 2. The number of nitrogens with zero attached hydrogens (tertiary/aromatic N) is 1. The molecule has 1 saturated carbocycles. The SMILES string of the molecule is CCCN(c1cc(-c2ccc(OCCOC)cc2)cc(C(=O)NCc2c(C)[nH]c(C)cc2=O)c1C)C1CCC(NC(=O)O)CC1. The van der Waals surface area contributed by atoms with Crippen molar-refractivity contribution < 1.29 is 24.2 Å². The van der Waals surface area contributed by atoms with Crippen molar-refractivity contribution in [3.05, 3.63) is 80.8 Å². The van der Waals surface area contributed by atoms with E-state index in [1.807, 2.05) is 51.1 Å². The van der Waals surface area contributed by atoms with E-state index in [1.54, 1.807) is 13.2 Å². The van der Waals surface area contributed by atoms with Gasteiger partial charge in [0.1, 0.15) is 12.4 Å². The largest absolute Gasteiger partial charge is 0.491 e. The normalized spacial score (nSPS) is 16.2. The number of H-pyrrole nitrogens is 1. The van der Waals surface area contributed by atoms with Crippen LogP contribution in [0.15, 0.2) is 47.3 Å². The van der Waals surface area contributed by atoms with Crippen LogP contribution in [0.25, 0.3) is 11.1 Å². The molecule has 1 aromatic heterocycles. The van der Waals surface area contributed by atoms with Gasteiger partial charge in [0.25, 0.3) is 5.91 Å². The molecule has 242 valence electrons. The van der Waals surface area contributed by atoms with E-state index in [0.717, 1.165) is 78.2 Å². The minimum absolute atomic E-state index is 0.0472. The monoisotopic (exact) mass is 618 g/mol. The fraction of sp³-hybridized carbons (Fsp3) is 0.457. The smallest absolute Gasteiger partial charge is 0.404 e. The molecular formula is C35H46N4O6. The highest BCUT2D eigenvalue weighted by atomic mass is 16.5. The van der Waals surface area contributed by atoms with E-state index in [9.17, 15) is 19.5 Å². The Hall–Kier alpha value is -4.31. The molecule has 10 nitrogen and oxygen atoms in total. The molecule has 10 heteroatoms. The van der Waals surface area contributed by atoms with E-state index in [2.05, 4.69) is 33.5 Å². The number of rotatable bonds is 13. The van der Waals surface area contributed by atoms with Crippen molar-refractivity contribution in [3.63, 3.8) is 0 Å².